The Morgan fingerprint density at radius 3 is 2.79 bits per heavy atom. The molecule has 0 spiro atoms. The van der Waals surface area contributed by atoms with Gasteiger partial charge < -0.3 is 14.7 Å². The number of aliphatic hydroxyl groups excluding tert-OH is 1. The molecule has 1 aliphatic heterocycles. The Kier molecular flexibility index (Phi) is 7.31. The van der Waals surface area contributed by atoms with E-state index in [2.05, 4.69) is 16.1 Å². The molecule has 2 aromatic rings. The van der Waals surface area contributed by atoms with Crippen LogP contribution in [0.3, 0.4) is 0 Å². The lowest BCUT2D eigenvalue weighted by molar-refractivity contribution is 0.0315. The minimum Gasteiger partial charge on any atom is -0.497 e. The second-order valence-electron chi connectivity index (χ2n) is 7.08. The van der Waals surface area contributed by atoms with Gasteiger partial charge in [-0.3, -0.25) is 4.90 Å². The van der Waals surface area contributed by atoms with Crippen LogP contribution in [0.2, 0.25) is 5.02 Å². The highest BCUT2D eigenvalue weighted by Gasteiger charge is 2.25. The summed E-state index contributed by atoms with van der Waals surface area (Å²) in [7, 11) is 1.67. The van der Waals surface area contributed by atoms with Crippen LogP contribution in [0.15, 0.2) is 53.7 Å². The fourth-order valence-electron chi connectivity index (χ4n) is 3.29. The predicted octanol–water partition coefficient (Wildman–Crippen LogP) is 4.11. The number of aliphatic hydroxyl groups is 1. The average molecular weight is 403 g/mol. The van der Waals surface area contributed by atoms with E-state index < -0.39 is 0 Å². The van der Waals surface area contributed by atoms with Gasteiger partial charge in [-0.05, 0) is 41.8 Å². The molecule has 2 aromatic carbocycles. The summed E-state index contributed by atoms with van der Waals surface area (Å²) in [5.41, 5.74) is 3.10. The van der Waals surface area contributed by atoms with E-state index >= 15 is 0 Å². The first-order valence-electron chi connectivity index (χ1n) is 9.59. The zero-order valence-electron chi connectivity index (χ0n) is 16.3. The number of ether oxygens (including phenoxy) is 1. The van der Waals surface area contributed by atoms with E-state index in [1.54, 1.807) is 7.11 Å². The molecule has 0 amide bonds. The van der Waals surface area contributed by atoms with Crippen molar-refractivity contribution in [2.75, 3.05) is 20.2 Å². The number of hydrogen-bond acceptors (Lipinski definition) is 5. The first-order chi connectivity index (χ1) is 13.6. The number of hydrogen-bond donors (Lipinski definition) is 1. The molecule has 150 valence electrons. The zero-order chi connectivity index (χ0) is 19.9. The summed E-state index contributed by atoms with van der Waals surface area (Å²) in [5.74, 6) is 0.832. The van der Waals surface area contributed by atoms with Crippen LogP contribution in [-0.2, 0) is 11.4 Å². The van der Waals surface area contributed by atoms with Crippen LogP contribution in [0.4, 0.5) is 0 Å². The minimum atomic E-state index is -0.372. The van der Waals surface area contributed by atoms with Gasteiger partial charge >= 0.3 is 0 Å². The van der Waals surface area contributed by atoms with Gasteiger partial charge in [-0.1, -0.05) is 47.9 Å². The molecule has 1 aliphatic rings. The third-order valence-electron chi connectivity index (χ3n) is 4.85. The molecule has 6 heteroatoms. The Hall–Kier alpha value is -2.08. The summed E-state index contributed by atoms with van der Waals surface area (Å²) in [6.45, 7) is 3.98. The van der Waals surface area contributed by atoms with Crippen molar-refractivity contribution in [3.05, 3.63) is 64.7 Å². The van der Waals surface area contributed by atoms with Gasteiger partial charge in [0.25, 0.3) is 0 Å². The van der Waals surface area contributed by atoms with E-state index in [4.69, 9.17) is 21.2 Å². The number of methoxy groups -OCH3 is 1. The number of halogens is 1. The second-order valence-corrected chi connectivity index (χ2v) is 7.52. The van der Waals surface area contributed by atoms with Crippen LogP contribution >= 0.6 is 11.6 Å². The lowest BCUT2D eigenvalue weighted by Gasteiger charge is -2.26. The first kappa shape index (κ1) is 20.6. The number of nitrogens with zero attached hydrogens (tertiary/aromatic N) is 2. The summed E-state index contributed by atoms with van der Waals surface area (Å²) in [6.07, 6.45) is 1.04. The highest BCUT2D eigenvalue weighted by Crippen LogP contribution is 2.21. The second kappa shape index (κ2) is 9.92. The molecule has 0 bridgehead atoms. The molecular formula is C22H27ClN2O3. The summed E-state index contributed by atoms with van der Waals surface area (Å²) in [5, 5.41) is 15.2. The van der Waals surface area contributed by atoms with Crippen molar-refractivity contribution in [1.29, 1.82) is 0 Å². The predicted molar refractivity (Wildman–Crippen MR) is 112 cm³/mol. The molecule has 0 aromatic heterocycles. The molecule has 5 nitrogen and oxygen atoms in total. The topological polar surface area (TPSA) is 54.3 Å². The lowest BCUT2D eigenvalue weighted by Crippen LogP contribution is -2.37. The van der Waals surface area contributed by atoms with Gasteiger partial charge in [-0.25, -0.2) is 0 Å². The molecule has 0 radical (unpaired) electrons. The summed E-state index contributed by atoms with van der Waals surface area (Å²) >= 11 is 5.97. The minimum absolute atomic E-state index is 0.0414. The van der Waals surface area contributed by atoms with Gasteiger partial charge in [0.1, 0.15) is 11.9 Å². The lowest BCUT2D eigenvalue weighted by atomic mass is 10.0. The van der Waals surface area contributed by atoms with E-state index in [1.807, 2.05) is 49.4 Å². The standard InChI is InChI=1S/C22H27ClN2O3/c1-3-19(26)14-25(13-16-5-4-6-20(11-16)27-2)15-21-12-22(24-28-21)17-7-9-18(23)10-8-17/h4-11,19,21,26H,3,12-15H2,1-2H3/t19-,21-/m0/s1. The molecular weight excluding hydrogens is 376 g/mol. The molecule has 0 saturated carbocycles. The van der Waals surface area contributed by atoms with Crippen LogP contribution in [-0.4, -0.2) is 48.1 Å². The fraction of sp³-hybridized carbons (Fsp3) is 0.409. The van der Waals surface area contributed by atoms with Gasteiger partial charge in [0, 0.05) is 31.1 Å². The highest BCUT2D eigenvalue weighted by atomic mass is 35.5. The van der Waals surface area contributed by atoms with E-state index in [1.165, 1.54) is 0 Å². The molecule has 0 aliphatic carbocycles. The smallest absolute Gasteiger partial charge is 0.145 e. The van der Waals surface area contributed by atoms with E-state index in [9.17, 15) is 5.11 Å². The molecule has 0 saturated heterocycles. The first-order valence-corrected chi connectivity index (χ1v) is 9.97. The average Bonchev–Trinajstić information content (AvgIpc) is 3.17. The third kappa shape index (κ3) is 5.71. The molecule has 28 heavy (non-hydrogen) atoms. The number of rotatable bonds is 9. The van der Waals surface area contributed by atoms with Gasteiger partial charge in [0.05, 0.1) is 18.9 Å². The van der Waals surface area contributed by atoms with Crippen molar-refractivity contribution in [2.24, 2.45) is 5.16 Å². The molecule has 2 atom stereocenters. The van der Waals surface area contributed by atoms with Gasteiger partial charge in [-0.15, -0.1) is 0 Å². The van der Waals surface area contributed by atoms with Crippen molar-refractivity contribution in [3.63, 3.8) is 0 Å². The van der Waals surface area contributed by atoms with E-state index in [0.717, 1.165) is 29.0 Å². The van der Waals surface area contributed by atoms with Crippen molar-refractivity contribution in [3.8, 4) is 5.75 Å². The van der Waals surface area contributed by atoms with Gasteiger partial charge in [-0.2, -0.15) is 0 Å². The van der Waals surface area contributed by atoms with Gasteiger partial charge in [0.2, 0.25) is 0 Å². The Bertz CT molecular complexity index is 795. The fourth-order valence-corrected chi connectivity index (χ4v) is 3.41. The van der Waals surface area contributed by atoms with Crippen LogP contribution < -0.4 is 4.74 Å². The van der Waals surface area contributed by atoms with Crippen molar-refractivity contribution in [2.45, 2.75) is 38.5 Å². The van der Waals surface area contributed by atoms with Crippen LogP contribution in [0.25, 0.3) is 0 Å². The number of oxime groups is 1. The summed E-state index contributed by atoms with van der Waals surface area (Å²) in [4.78, 5) is 7.90. The zero-order valence-corrected chi connectivity index (χ0v) is 17.1. The van der Waals surface area contributed by atoms with Crippen LogP contribution in [0.5, 0.6) is 5.75 Å². The van der Waals surface area contributed by atoms with Crippen molar-refractivity contribution in [1.82, 2.24) is 4.90 Å². The monoisotopic (exact) mass is 402 g/mol. The Morgan fingerprint density at radius 1 is 1.29 bits per heavy atom. The van der Waals surface area contributed by atoms with Gasteiger partial charge in [0.15, 0.2) is 0 Å². The highest BCUT2D eigenvalue weighted by molar-refractivity contribution is 6.30. The summed E-state index contributed by atoms with van der Waals surface area (Å²) in [6, 6.07) is 15.6. The summed E-state index contributed by atoms with van der Waals surface area (Å²) < 4.78 is 5.32. The van der Waals surface area contributed by atoms with Crippen LogP contribution in [0, 0.1) is 0 Å². The number of benzene rings is 2. The van der Waals surface area contributed by atoms with E-state index in [0.29, 0.717) is 31.1 Å². The molecule has 0 fully saturated rings. The maximum absolute atomic E-state index is 10.2. The largest absolute Gasteiger partial charge is 0.497 e. The Morgan fingerprint density at radius 2 is 2.07 bits per heavy atom. The Balaban J connectivity index is 1.63. The maximum Gasteiger partial charge on any atom is 0.145 e. The van der Waals surface area contributed by atoms with Crippen molar-refractivity contribution >= 4 is 17.3 Å². The van der Waals surface area contributed by atoms with Crippen molar-refractivity contribution < 1.29 is 14.7 Å². The van der Waals surface area contributed by atoms with E-state index in [-0.39, 0.29) is 12.2 Å². The third-order valence-corrected chi connectivity index (χ3v) is 5.10. The molecule has 1 heterocycles. The van der Waals surface area contributed by atoms with Crippen LogP contribution in [0.1, 0.15) is 30.9 Å². The SMILES string of the molecule is CC[C@H](O)CN(Cc1cccc(OC)c1)C[C@@H]1CC(c2ccc(Cl)cc2)=NO1. The Labute approximate surface area is 171 Å². The molecule has 3 rings (SSSR count). The maximum atomic E-state index is 10.2. The molecule has 0 unspecified atom stereocenters. The normalized spacial score (nSPS) is 17.3. The quantitative estimate of drug-likeness (QED) is 0.685. The molecule has 1 N–H and O–H groups in total.